The lowest BCUT2D eigenvalue weighted by Gasteiger charge is -2.16. The number of anilines is 1. The number of nitrogens with zero attached hydrogens (tertiary/aromatic N) is 3. The van der Waals surface area contributed by atoms with Crippen LogP contribution < -0.4 is 20.7 Å². The van der Waals surface area contributed by atoms with E-state index in [2.05, 4.69) is 25.1 Å². The first-order chi connectivity index (χ1) is 8.86. The van der Waals surface area contributed by atoms with Gasteiger partial charge in [0.25, 0.3) is 0 Å². The summed E-state index contributed by atoms with van der Waals surface area (Å²) >= 11 is 0. The highest BCUT2D eigenvalue weighted by Crippen LogP contribution is 2.24. The summed E-state index contributed by atoms with van der Waals surface area (Å²) in [7, 11) is 0. The molecule has 0 aliphatic carbocycles. The zero-order valence-corrected chi connectivity index (χ0v) is 10.4. The van der Waals surface area contributed by atoms with Gasteiger partial charge in [0.15, 0.2) is 6.10 Å². The molecular formula is C9H14F3N5O2. The van der Waals surface area contributed by atoms with E-state index in [-0.39, 0.29) is 12.0 Å². The number of alkyl halides is 3. The Morgan fingerprint density at radius 2 is 1.89 bits per heavy atom. The van der Waals surface area contributed by atoms with E-state index >= 15 is 0 Å². The van der Waals surface area contributed by atoms with E-state index in [1.807, 2.05) is 6.92 Å². The largest absolute Gasteiger partial charge is 0.463 e. The van der Waals surface area contributed by atoms with E-state index in [0.717, 1.165) is 6.92 Å². The molecule has 0 radical (unpaired) electrons. The average Bonchev–Trinajstić information content (AvgIpc) is 2.34. The van der Waals surface area contributed by atoms with Gasteiger partial charge in [0.2, 0.25) is 5.95 Å². The van der Waals surface area contributed by atoms with Crippen LogP contribution in [0.25, 0.3) is 0 Å². The zero-order chi connectivity index (χ0) is 14.5. The lowest BCUT2D eigenvalue weighted by atomic mass is 10.4. The third kappa shape index (κ3) is 4.73. The second-order valence-corrected chi connectivity index (χ2v) is 3.52. The summed E-state index contributed by atoms with van der Waals surface area (Å²) in [5.41, 5.74) is 2.09. The molecule has 0 saturated heterocycles. The smallest absolute Gasteiger partial charge is 0.425 e. The van der Waals surface area contributed by atoms with Gasteiger partial charge in [-0.15, -0.1) is 4.98 Å². The van der Waals surface area contributed by atoms with E-state index < -0.39 is 18.3 Å². The number of nitrogen functional groups attached to an aromatic ring is 1. The molecule has 1 heterocycles. The Hall–Kier alpha value is -1.84. The Labute approximate surface area is 107 Å². The first-order valence-electron chi connectivity index (χ1n) is 5.45. The van der Waals surface area contributed by atoms with Gasteiger partial charge in [-0.2, -0.15) is 23.1 Å². The summed E-state index contributed by atoms with van der Waals surface area (Å²) in [4.78, 5) is 10.9. The fraction of sp³-hybridized carbons (Fsp3) is 0.667. The Bertz CT molecular complexity index is 415. The van der Waals surface area contributed by atoms with Crippen LogP contribution in [0.4, 0.5) is 19.1 Å². The fourth-order valence-corrected chi connectivity index (χ4v) is 0.938. The van der Waals surface area contributed by atoms with Crippen LogP contribution in [-0.2, 0) is 0 Å². The van der Waals surface area contributed by atoms with Gasteiger partial charge in [0.05, 0.1) is 6.61 Å². The topological polar surface area (TPSA) is 95.2 Å². The molecule has 0 spiro atoms. The second kappa shape index (κ2) is 6.36. The molecule has 1 rings (SSSR count). The van der Waals surface area contributed by atoms with Gasteiger partial charge in [-0.3, -0.25) is 5.43 Å². The molecule has 0 aliphatic heterocycles. The van der Waals surface area contributed by atoms with Crippen LogP contribution in [0.1, 0.15) is 20.3 Å². The summed E-state index contributed by atoms with van der Waals surface area (Å²) in [6.45, 7) is 3.00. The van der Waals surface area contributed by atoms with Crippen molar-refractivity contribution in [3.05, 3.63) is 0 Å². The molecule has 0 aliphatic rings. The van der Waals surface area contributed by atoms with E-state index in [4.69, 9.17) is 10.6 Å². The number of ether oxygens (including phenoxy) is 2. The Morgan fingerprint density at radius 1 is 1.26 bits per heavy atom. The molecule has 3 N–H and O–H groups in total. The van der Waals surface area contributed by atoms with Crippen molar-refractivity contribution in [3.8, 4) is 12.0 Å². The number of hydrazine groups is 1. The minimum absolute atomic E-state index is 0.148. The average molecular weight is 281 g/mol. The predicted molar refractivity (Wildman–Crippen MR) is 59.6 cm³/mol. The summed E-state index contributed by atoms with van der Waals surface area (Å²) in [5.74, 6) is 4.95. The first kappa shape index (κ1) is 15.2. The molecule has 1 unspecified atom stereocenters. The third-order valence-electron chi connectivity index (χ3n) is 1.90. The van der Waals surface area contributed by atoms with Gasteiger partial charge in [-0.25, -0.2) is 5.84 Å². The van der Waals surface area contributed by atoms with Gasteiger partial charge in [-0.05, 0) is 13.3 Å². The summed E-state index contributed by atoms with van der Waals surface area (Å²) in [6, 6.07) is -0.673. The van der Waals surface area contributed by atoms with E-state index in [0.29, 0.717) is 13.0 Å². The first-order valence-corrected chi connectivity index (χ1v) is 5.45. The zero-order valence-electron chi connectivity index (χ0n) is 10.4. The molecular weight excluding hydrogens is 267 g/mol. The highest BCUT2D eigenvalue weighted by molar-refractivity contribution is 5.25. The standard InChI is InChI=1S/C9H14F3N5O2/c1-3-4-18-7-14-6(17-13)15-8(16-7)19-5(2)9(10,11)12/h5H,3-4,13H2,1-2H3,(H,14,15,16,17). The Balaban J connectivity index is 2.87. The molecule has 1 aromatic heterocycles. The normalized spacial score (nSPS) is 12.9. The van der Waals surface area contributed by atoms with Crippen molar-refractivity contribution < 1.29 is 22.6 Å². The number of halogens is 3. The predicted octanol–water partition coefficient (Wildman–Crippen LogP) is 1.28. The van der Waals surface area contributed by atoms with Crippen molar-refractivity contribution in [1.29, 1.82) is 0 Å². The molecule has 0 amide bonds. The number of hydrogen-bond donors (Lipinski definition) is 2. The van der Waals surface area contributed by atoms with E-state index in [1.165, 1.54) is 0 Å². The van der Waals surface area contributed by atoms with Gasteiger partial charge in [0.1, 0.15) is 0 Å². The minimum Gasteiger partial charge on any atom is -0.463 e. The minimum atomic E-state index is -4.52. The van der Waals surface area contributed by atoms with Crippen molar-refractivity contribution in [3.63, 3.8) is 0 Å². The molecule has 0 aromatic carbocycles. The molecule has 1 atom stereocenters. The summed E-state index contributed by atoms with van der Waals surface area (Å²) in [6.07, 6.45) is -5.89. The van der Waals surface area contributed by atoms with Crippen molar-refractivity contribution in [2.75, 3.05) is 12.0 Å². The van der Waals surface area contributed by atoms with Crippen LogP contribution >= 0.6 is 0 Å². The van der Waals surface area contributed by atoms with Gasteiger partial charge >= 0.3 is 18.2 Å². The molecule has 7 nitrogen and oxygen atoms in total. The lowest BCUT2D eigenvalue weighted by Crippen LogP contribution is -2.32. The van der Waals surface area contributed by atoms with E-state index in [9.17, 15) is 13.2 Å². The highest BCUT2D eigenvalue weighted by Gasteiger charge is 2.38. The number of nitrogens with two attached hydrogens (primary N) is 1. The molecule has 1 aromatic rings. The van der Waals surface area contributed by atoms with Crippen molar-refractivity contribution in [2.45, 2.75) is 32.5 Å². The number of nitrogens with one attached hydrogen (secondary N) is 1. The highest BCUT2D eigenvalue weighted by atomic mass is 19.4. The van der Waals surface area contributed by atoms with Crippen LogP contribution in [0.5, 0.6) is 12.0 Å². The Kier molecular flexibility index (Phi) is 5.10. The second-order valence-electron chi connectivity index (χ2n) is 3.52. The quantitative estimate of drug-likeness (QED) is 0.599. The maximum Gasteiger partial charge on any atom is 0.425 e. The van der Waals surface area contributed by atoms with Crippen molar-refractivity contribution in [1.82, 2.24) is 15.0 Å². The molecule has 10 heteroatoms. The van der Waals surface area contributed by atoms with E-state index in [1.54, 1.807) is 0 Å². The van der Waals surface area contributed by atoms with Crippen LogP contribution in [0, 0.1) is 0 Å². The van der Waals surface area contributed by atoms with Gasteiger partial charge in [0, 0.05) is 0 Å². The van der Waals surface area contributed by atoms with Crippen molar-refractivity contribution in [2.24, 2.45) is 5.84 Å². The Morgan fingerprint density at radius 3 is 2.42 bits per heavy atom. The van der Waals surface area contributed by atoms with Crippen LogP contribution in [0.15, 0.2) is 0 Å². The molecule has 0 bridgehead atoms. The van der Waals surface area contributed by atoms with Crippen molar-refractivity contribution >= 4 is 5.95 Å². The molecule has 0 fully saturated rings. The maximum absolute atomic E-state index is 12.4. The monoisotopic (exact) mass is 281 g/mol. The van der Waals surface area contributed by atoms with Gasteiger partial charge in [-0.1, -0.05) is 6.92 Å². The molecule has 0 saturated carbocycles. The lowest BCUT2D eigenvalue weighted by molar-refractivity contribution is -0.190. The van der Waals surface area contributed by atoms with Gasteiger partial charge < -0.3 is 9.47 Å². The third-order valence-corrected chi connectivity index (χ3v) is 1.90. The van der Waals surface area contributed by atoms with Crippen LogP contribution in [-0.4, -0.2) is 33.8 Å². The van der Waals surface area contributed by atoms with Crippen LogP contribution in [0.3, 0.4) is 0 Å². The SMILES string of the molecule is CCCOc1nc(NN)nc(OC(C)C(F)(F)F)n1. The number of hydrogen-bond acceptors (Lipinski definition) is 7. The maximum atomic E-state index is 12.4. The molecule has 19 heavy (non-hydrogen) atoms. The number of aromatic nitrogens is 3. The summed E-state index contributed by atoms with van der Waals surface area (Å²) < 4.78 is 46.7. The van der Waals surface area contributed by atoms with Crippen LogP contribution in [0.2, 0.25) is 0 Å². The fourth-order valence-electron chi connectivity index (χ4n) is 0.938. The number of rotatable bonds is 6. The summed E-state index contributed by atoms with van der Waals surface area (Å²) in [5, 5.41) is 0. The molecule has 108 valence electrons.